The molecule has 94 valence electrons. The largest absolute Gasteiger partial charge is 0.501 e. The van der Waals surface area contributed by atoms with Gasteiger partial charge in [0, 0.05) is 6.42 Å². The highest BCUT2D eigenvalue weighted by atomic mass is 16.5. The fraction of sp³-hybridized carbons (Fsp3) is 0.625. The maximum absolute atomic E-state index is 5.42. The number of hydrogen-bond donors (Lipinski definition) is 0. The van der Waals surface area contributed by atoms with Crippen LogP contribution in [0, 0.1) is 23.7 Å². The molecule has 0 aromatic heterocycles. The van der Waals surface area contributed by atoms with Crippen LogP contribution in [0.25, 0.3) is 0 Å². The minimum Gasteiger partial charge on any atom is -0.501 e. The Kier molecular flexibility index (Phi) is 3.46. The summed E-state index contributed by atoms with van der Waals surface area (Å²) in [5.41, 5.74) is 2.83. The summed E-state index contributed by atoms with van der Waals surface area (Å²) in [7, 11) is 1.78. The van der Waals surface area contributed by atoms with Crippen LogP contribution in [-0.2, 0) is 4.74 Å². The normalized spacial score (nSPS) is 36.7. The van der Waals surface area contributed by atoms with Crippen molar-refractivity contribution in [1.82, 2.24) is 0 Å². The van der Waals surface area contributed by atoms with E-state index < -0.39 is 0 Å². The van der Waals surface area contributed by atoms with E-state index in [-0.39, 0.29) is 0 Å². The Morgan fingerprint density at radius 1 is 1.41 bits per heavy atom. The Labute approximate surface area is 105 Å². The molecule has 0 bridgehead atoms. The SMILES string of the molecule is C=C(C)C1CC=C2C=C(OC)CC(C)C2C1C. The van der Waals surface area contributed by atoms with Gasteiger partial charge in [0.2, 0.25) is 0 Å². The third-order valence-corrected chi connectivity index (χ3v) is 4.55. The summed E-state index contributed by atoms with van der Waals surface area (Å²) in [5, 5.41) is 0. The van der Waals surface area contributed by atoms with Crippen molar-refractivity contribution in [1.29, 1.82) is 0 Å². The van der Waals surface area contributed by atoms with Gasteiger partial charge in [-0.25, -0.2) is 0 Å². The fourth-order valence-electron chi connectivity index (χ4n) is 3.65. The molecule has 4 unspecified atom stereocenters. The molecule has 0 amide bonds. The molecule has 17 heavy (non-hydrogen) atoms. The molecule has 0 fully saturated rings. The quantitative estimate of drug-likeness (QED) is 0.644. The van der Waals surface area contributed by atoms with Crippen LogP contribution in [0.4, 0.5) is 0 Å². The molecule has 0 N–H and O–H groups in total. The summed E-state index contributed by atoms with van der Waals surface area (Å²) in [6.45, 7) is 11.1. The van der Waals surface area contributed by atoms with Gasteiger partial charge in [-0.3, -0.25) is 0 Å². The Balaban J connectivity index is 2.31. The second kappa shape index (κ2) is 4.72. The molecule has 2 aliphatic rings. The van der Waals surface area contributed by atoms with Crippen LogP contribution < -0.4 is 0 Å². The van der Waals surface area contributed by atoms with Gasteiger partial charge in [0.05, 0.1) is 12.9 Å². The summed E-state index contributed by atoms with van der Waals surface area (Å²) < 4.78 is 5.42. The highest BCUT2D eigenvalue weighted by molar-refractivity contribution is 5.32. The first-order chi connectivity index (χ1) is 8.04. The van der Waals surface area contributed by atoms with Crippen LogP contribution >= 0.6 is 0 Å². The van der Waals surface area contributed by atoms with E-state index >= 15 is 0 Å². The summed E-state index contributed by atoms with van der Waals surface area (Å²) in [6.07, 6.45) is 6.88. The first kappa shape index (κ1) is 12.5. The molecular formula is C16H24O. The minimum atomic E-state index is 0.656. The van der Waals surface area contributed by atoms with Gasteiger partial charge in [-0.2, -0.15) is 0 Å². The number of rotatable bonds is 2. The average Bonchev–Trinajstić information content (AvgIpc) is 2.28. The summed E-state index contributed by atoms with van der Waals surface area (Å²) in [6, 6.07) is 0. The maximum atomic E-state index is 5.42. The van der Waals surface area contributed by atoms with Crippen LogP contribution in [0.3, 0.4) is 0 Å². The van der Waals surface area contributed by atoms with Crippen molar-refractivity contribution in [3.8, 4) is 0 Å². The zero-order chi connectivity index (χ0) is 12.6. The summed E-state index contributed by atoms with van der Waals surface area (Å²) in [4.78, 5) is 0. The zero-order valence-electron chi connectivity index (χ0n) is 11.5. The van der Waals surface area contributed by atoms with E-state index in [9.17, 15) is 0 Å². The first-order valence-corrected chi connectivity index (χ1v) is 6.64. The van der Waals surface area contributed by atoms with Gasteiger partial charge in [0.1, 0.15) is 0 Å². The van der Waals surface area contributed by atoms with E-state index in [1.807, 2.05) is 0 Å². The molecule has 2 rings (SSSR count). The van der Waals surface area contributed by atoms with Gasteiger partial charge >= 0.3 is 0 Å². The Morgan fingerprint density at radius 3 is 2.71 bits per heavy atom. The molecule has 0 aromatic rings. The van der Waals surface area contributed by atoms with Crippen molar-refractivity contribution in [3.05, 3.63) is 35.6 Å². The van der Waals surface area contributed by atoms with Crippen molar-refractivity contribution >= 4 is 0 Å². The highest BCUT2D eigenvalue weighted by Gasteiger charge is 2.37. The van der Waals surface area contributed by atoms with Gasteiger partial charge < -0.3 is 4.74 Å². The zero-order valence-corrected chi connectivity index (χ0v) is 11.5. The van der Waals surface area contributed by atoms with E-state index in [1.54, 1.807) is 7.11 Å². The molecule has 1 heteroatoms. The lowest BCUT2D eigenvalue weighted by atomic mass is 9.64. The lowest BCUT2D eigenvalue weighted by molar-refractivity contribution is 0.182. The molecule has 0 aromatic carbocycles. The first-order valence-electron chi connectivity index (χ1n) is 6.64. The smallest absolute Gasteiger partial charge is 0.0961 e. The average molecular weight is 232 g/mol. The van der Waals surface area contributed by atoms with Crippen LogP contribution in [0.5, 0.6) is 0 Å². The molecule has 0 radical (unpaired) electrons. The second-order valence-electron chi connectivity index (χ2n) is 5.77. The predicted molar refractivity (Wildman–Crippen MR) is 72.5 cm³/mol. The van der Waals surface area contributed by atoms with Gasteiger partial charge in [-0.05, 0) is 48.7 Å². The number of ether oxygens (including phenoxy) is 1. The highest BCUT2D eigenvalue weighted by Crippen LogP contribution is 2.46. The van der Waals surface area contributed by atoms with Crippen LogP contribution in [-0.4, -0.2) is 7.11 Å². The minimum absolute atomic E-state index is 0.656. The number of allylic oxidation sites excluding steroid dienone is 5. The molecule has 0 spiro atoms. The van der Waals surface area contributed by atoms with Crippen molar-refractivity contribution in [2.75, 3.05) is 7.11 Å². The van der Waals surface area contributed by atoms with Crippen LogP contribution in [0.1, 0.15) is 33.6 Å². The van der Waals surface area contributed by atoms with E-state index in [1.165, 1.54) is 11.1 Å². The molecule has 0 aliphatic heterocycles. The van der Waals surface area contributed by atoms with Crippen molar-refractivity contribution in [2.24, 2.45) is 23.7 Å². The lowest BCUT2D eigenvalue weighted by Gasteiger charge is -2.42. The predicted octanol–water partition coefficient (Wildman–Crippen LogP) is 4.33. The van der Waals surface area contributed by atoms with E-state index in [4.69, 9.17) is 4.74 Å². The Bertz CT molecular complexity index is 375. The van der Waals surface area contributed by atoms with Crippen molar-refractivity contribution < 1.29 is 4.74 Å². The summed E-state index contributed by atoms with van der Waals surface area (Å²) in [5.74, 6) is 3.87. The van der Waals surface area contributed by atoms with E-state index in [0.717, 1.165) is 18.6 Å². The van der Waals surface area contributed by atoms with Crippen molar-refractivity contribution in [2.45, 2.75) is 33.6 Å². The van der Waals surface area contributed by atoms with Gasteiger partial charge in [0.25, 0.3) is 0 Å². The summed E-state index contributed by atoms with van der Waals surface area (Å²) >= 11 is 0. The number of fused-ring (bicyclic) bond motifs is 1. The molecule has 0 saturated heterocycles. The molecule has 2 aliphatic carbocycles. The molecular weight excluding hydrogens is 208 g/mol. The monoisotopic (exact) mass is 232 g/mol. The third-order valence-electron chi connectivity index (χ3n) is 4.55. The van der Waals surface area contributed by atoms with E-state index in [2.05, 4.69) is 39.5 Å². The number of methoxy groups -OCH3 is 1. The molecule has 0 saturated carbocycles. The standard InChI is InChI=1S/C16H24O/c1-10(2)15-7-6-13-9-14(17-5)8-11(3)16(13)12(15)4/h6,9,11-12,15-16H,1,7-8H2,2-5H3. The Morgan fingerprint density at radius 2 is 2.12 bits per heavy atom. The lowest BCUT2D eigenvalue weighted by Crippen LogP contribution is -2.33. The molecule has 1 nitrogen and oxygen atoms in total. The second-order valence-corrected chi connectivity index (χ2v) is 5.77. The fourth-order valence-corrected chi connectivity index (χ4v) is 3.65. The van der Waals surface area contributed by atoms with Crippen LogP contribution in [0.2, 0.25) is 0 Å². The molecule has 4 atom stereocenters. The molecule has 0 heterocycles. The third kappa shape index (κ3) is 2.20. The maximum Gasteiger partial charge on any atom is 0.0961 e. The van der Waals surface area contributed by atoms with Gasteiger partial charge in [0.15, 0.2) is 0 Å². The Hall–Kier alpha value is -0.980. The van der Waals surface area contributed by atoms with Crippen molar-refractivity contribution in [3.63, 3.8) is 0 Å². The van der Waals surface area contributed by atoms with E-state index in [0.29, 0.717) is 23.7 Å². The van der Waals surface area contributed by atoms with Crippen LogP contribution in [0.15, 0.2) is 35.6 Å². The number of hydrogen-bond acceptors (Lipinski definition) is 1. The van der Waals surface area contributed by atoms with Gasteiger partial charge in [-0.1, -0.05) is 32.1 Å². The van der Waals surface area contributed by atoms with Gasteiger partial charge in [-0.15, -0.1) is 0 Å². The topological polar surface area (TPSA) is 9.23 Å².